The van der Waals surface area contributed by atoms with Crippen molar-refractivity contribution in [2.24, 2.45) is 0 Å². The van der Waals surface area contributed by atoms with Gasteiger partial charge in [0.2, 0.25) is 0 Å². The lowest BCUT2D eigenvalue weighted by atomic mass is 10.0. The maximum absolute atomic E-state index is 12.5. The molecule has 106 valence electrons. The number of nitrogens with one attached hydrogen (secondary N) is 1. The number of fused-ring (bicyclic) bond motifs is 1. The SMILES string of the molecule is O=C1COc2cc(C(=O)c3ccc(Cl)cc3)c(Br)cc2N1. The van der Waals surface area contributed by atoms with Crippen LogP contribution in [0.25, 0.3) is 0 Å². The fourth-order valence-corrected chi connectivity index (χ4v) is 2.68. The summed E-state index contributed by atoms with van der Waals surface area (Å²) in [6.07, 6.45) is 0. The van der Waals surface area contributed by atoms with Crippen LogP contribution in [0.3, 0.4) is 0 Å². The number of benzene rings is 2. The number of anilines is 1. The summed E-state index contributed by atoms with van der Waals surface area (Å²) < 4.78 is 5.92. The van der Waals surface area contributed by atoms with Crippen LogP contribution >= 0.6 is 27.5 Å². The van der Waals surface area contributed by atoms with Crippen molar-refractivity contribution in [2.45, 2.75) is 0 Å². The average Bonchev–Trinajstić information content (AvgIpc) is 2.46. The molecule has 6 heteroatoms. The van der Waals surface area contributed by atoms with Crippen LogP contribution in [0, 0.1) is 0 Å². The quantitative estimate of drug-likeness (QED) is 0.825. The number of carbonyl (C=O) groups is 2. The summed E-state index contributed by atoms with van der Waals surface area (Å²) in [5.41, 5.74) is 1.54. The van der Waals surface area contributed by atoms with E-state index in [2.05, 4.69) is 21.2 Å². The minimum absolute atomic E-state index is 0.0524. The number of carbonyl (C=O) groups excluding carboxylic acids is 2. The fraction of sp³-hybridized carbons (Fsp3) is 0.0667. The van der Waals surface area contributed by atoms with Gasteiger partial charge in [0.25, 0.3) is 5.91 Å². The van der Waals surface area contributed by atoms with Crippen LogP contribution < -0.4 is 10.1 Å². The molecule has 0 saturated carbocycles. The van der Waals surface area contributed by atoms with E-state index in [0.29, 0.717) is 32.1 Å². The van der Waals surface area contributed by atoms with Crippen molar-refractivity contribution < 1.29 is 14.3 Å². The van der Waals surface area contributed by atoms with Crippen LogP contribution in [0.1, 0.15) is 15.9 Å². The zero-order valence-electron chi connectivity index (χ0n) is 10.7. The molecule has 0 aliphatic carbocycles. The number of ketones is 1. The second-order valence-corrected chi connectivity index (χ2v) is 5.79. The van der Waals surface area contributed by atoms with E-state index in [-0.39, 0.29) is 18.3 Å². The van der Waals surface area contributed by atoms with Crippen molar-refractivity contribution in [1.82, 2.24) is 0 Å². The van der Waals surface area contributed by atoms with Gasteiger partial charge in [-0.1, -0.05) is 11.6 Å². The maximum Gasteiger partial charge on any atom is 0.262 e. The van der Waals surface area contributed by atoms with E-state index in [9.17, 15) is 9.59 Å². The van der Waals surface area contributed by atoms with Gasteiger partial charge in [-0.05, 0) is 52.3 Å². The Hall–Kier alpha value is -1.85. The lowest BCUT2D eigenvalue weighted by Crippen LogP contribution is -2.25. The first-order valence-corrected chi connectivity index (χ1v) is 7.28. The highest BCUT2D eigenvalue weighted by atomic mass is 79.9. The van der Waals surface area contributed by atoms with Gasteiger partial charge >= 0.3 is 0 Å². The van der Waals surface area contributed by atoms with Crippen molar-refractivity contribution in [1.29, 1.82) is 0 Å². The molecule has 3 rings (SSSR count). The van der Waals surface area contributed by atoms with Gasteiger partial charge in [0.05, 0.1) is 5.69 Å². The molecular weight excluding hydrogens is 358 g/mol. The Labute approximate surface area is 134 Å². The monoisotopic (exact) mass is 365 g/mol. The molecule has 2 aromatic rings. The van der Waals surface area contributed by atoms with Gasteiger partial charge < -0.3 is 10.1 Å². The predicted molar refractivity (Wildman–Crippen MR) is 83.2 cm³/mol. The molecule has 0 aromatic heterocycles. The number of hydrogen-bond acceptors (Lipinski definition) is 3. The van der Waals surface area contributed by atoms with E-state index in [1.807, 2.05) is 0 Å². The van der Waals surface area contributed by atoms with Crippen molar-refractivity contribution in [3.8, 4) is 5.75 Å². The van der Waals surface area contributed by atoms with Crippen LogP contribution in [0.4, 0.5) is 5.69 Å². The Bertz CT molecular complexity index is 743. The average molecular weight is 367 g/mol. The Morgan fingerprint density at radius 3 is 2.67 bits per heavy atom. The molecule has 0 unspecified atom stereocenters. The van der Waals surface area contributed by atoms with Crippen molar-refractivity contribution >= 4 is 44.9 Å². The first-order valence-electron chi connectivity index (χ1n) is 6.11. The Morgan fingerprint density at radius 2 is 1.95 bits per heavy atom. The lowest BCUT2D eigenvalue weighted by molar-refractivity contribution is -0.118. The first kappa shape index (κ1) is 14.1. The van der Waals surface area contributed by atoms with Gasteiger partial charge in [0.1, 0.15) is 5.75 Å². The summed E-state index contributed by atoms with van der Waals surface area (Å²) in [4.78, 5) is 23.8. The molecule has 0 spiro atoms. The second kappa shape index (κ2) is 5.50. The van der Waals surface area contributed by atoms with E-state index in [0.717, 1.165) is 0 Å². The Balaban J connectivity index is 2.01. The molecular formula is C15H9BrClNO3. The zero-order chi connectivity index (χ0) is 15.0. The number of halogens is 2. The number of rotatable bonds is 2. The van der Waals surface area contributed by atoms with Gasteiger partial charge in [-0.2, -0.15) is 0 Å². The molecule has 1 amide bonds. The molecule has 0 bridgehead atoms. The van der Waals surface area contributed by atoms with E-state index >= 15 is 0 Å². The highest BCUT2D eigenvalue weighted by molar-refractivity contribution is 9.10. The number of hydrogen-bond donors (Lipinski definition) is 1. The molecule has 1 aliphatic rings. The van der Waals surface area contributed by atoms with Gasteiger partial charge in [0.15, 0.2) is 12.4 Å². The van der Waals surface area contributed by atoms with Gasteiger partial charge in [-0.25, -0.2) is 0 Å². The molecule has 1 aliphatic heterocycles. The topological polar surface area (TPSA) is 55.4 Å². The minimum atomic E-state index is -0.217. The van der Waals surface area contributed by atoms with Gasteiger partial charge in [0, 0.05) is 20.6 Å². The second-order valence-electron chi connectivity index (χ2n) is 4.50. The summed E-state index contributed by atoms with van der Waals surface area (Å²) in [5, 5.41) is 3.26. The highest BCUT2D eigenvalue weighted by Gasteiger charge is 2.21. The van der Waals surface area contributed by atoms with Crippen LogP contribution in [0.2, 0.25) is 5.02 Å². The normalized spacial score (nSPS) is 13.1. The van der Waals surface area contributed by atoms with Crippen molar-refractivity contribution in [2.75, 3.05) is 11.9 Å². The smallest absolute Gasteiger partial charge is 0.262 e. The maximum atomic E-state index is 12.5. The molecule has 4 nitrogen and oxygen atoms in total. The van der Waals surface area contributed by atoms with E-state index in [1.165, 1.54) is 0 Å². The number of ether oxygens (including phenoxy) is 1. The molecule has 1 heterocycles. The van der Waals surface area contributed by atoms with Crippen molar-refractivity contribution in [3.05, 3.63) is 57.0 Å². The molecule has 0 fully saturated rings. The van der Waals surface area contributed by atoms with E-state index < -0.39 is 0 Å². The summed E-state index contributed by atoms with van der Waals surface area (Å²) in [5.74, 6) is 0.114. The zero-order valence-corrected chi connectivity index (χ0v) is 13.0. The molecule has 1 N–H and O–H groups in total. The van der Waals surface area contributed by atoms with Crippen molar-refractivity contribution in [3.63, 3.8) is 0 Å². The van der Waals surface area contributed by atoms with E-state index in [1.54, 1.807) is 36.4 Å². The Kier molecular flexibility index (Phi) is 3.69. The third-order valence-electron chi connectivity index (χ3n) is 3.05. The molecule has 0 saturated heterocycles. The fourth-order valence-electron chi connectivity index (χ4n) is 2.03. The highest BCUT2D eigenvalue weighted by Crippen LogP contribution is 2.34. The van der Waals surface area contributed by atoms with Gasteiger partial charge in [-0.3, -0.25) is 9.59 Å². The van der Waals surface area contributed by atoms with Crippen LogP contribution in [-0.2, 0) is 4.79 Å². The Morgan fingerprint density at radius 1 is 1.24 bits per heavy atom. The summed E-state index contributed by atoms with van der Waals surface area (Å²) in [6, 6.07) is 9.94. The molecule has 0 radical (unpaired) electrons. The largest absolute Gasteiger partial charge is 0.482 e. The predicted octanol–water partition coefficient (Wildman–Crippen LogP) is 3.66. The minimum Gasteiger partial charge on any atom is -0.482 e. The molecule has 0 atom stereocenters. The van der Waals surface area contributed by atoms with Crippen LogP contribution in [-0.4, -0.2) is 18.3 Å². The van der Waals surface area contributed by atoms with E-state index in [4.69, 9.17) is 16.3 Å². The first-order chi connectivity index (χ1) is 10.0. The third-order valence-corrected chi connectivity index (χ3v) is 3.96. The van der Waals surface area contributed by atoms with Gasteiger partial charge in [-0.15, -0.1) is 0 Å². The standard InChI is InChI=1S/C15H9BrClNO3/c16-11-6-12-13(21-7-14(19)18-12)5-10(11)15(20)8-1-3-9(17)4-2-8/h1-6H,7H2,(H,18,19). The van der Waals surface area contributed by atoms with Crippen LogP contribution in [0.5, 0.6) is 5.75 Å². The third kappa shape index (κ3) is 2.80. The summed E-state index contributed by atoms with van der Waals surface area (Å²) in [6.45, 7) is -0.0524. The molecule has 21 heavy (non-hydrogen) atoms. The molecule has 2 aromatic carbocycles. The van der Waals surface area contributed by atoms with Crippen LogP contribution in [0.15, 0.2) is 40.9 Å². The summed E-state index contributed by atoms with van der Waals surface area (Å²) in [7, 11) is 0. The summed E-state index contributed by atoms with van der Waals surface area (Å²) >= 11 is 9.18. The number of amides is 1. The lowest BCUT2D eigenvalue weighted by Gasteiger charge is -2.19.